The summed E-state index contributed by atoms with van der Waals surface area (Å²) in [7, 11) is 1.14. The third kappa shape index (κ3) is 7.37. The fourth-order valence-corrected chi connectivity index (χ4v) is 2.71. The van der Waals surface area contributed by atoms with Crippen LogP contribution < -0.4 is 16.0 Å². The minimum Gasteiger partial charge on any atom is -0.353 e. The Morgan fingerprint density at radius 1 is 1.06 bits per heavy atom. The quantitative estimate of drug-likeness (QED) is 0.386. The topological polar surface area (TPSA) is 117 Å². The monoisotopic (exact) mass is 468 g/mol. The number of hydrogen-bond acceptors (Lipinski definition) is 5. The van der Waals surface area contributed by atoms with Gasteiger partial charge in [-0.25, -0.2) is 22.5 Å². The second-order valence-electron chi connectivity index (χ2n) is 7.09. The van der Waals surface area contributed by atoms with Crippen LogP contribution in [0.15, 0.2) is 36.5 Å². The van der Waals surface area contributed by atoms with Gasteiger partial charge in [-0.2, -0.15) is 0 Å². The zero-order valence-electron chi connectivity index (χ0n) is 17.5. The highest BCUT2D eigenvalue weighted by Gasteiger charge is 2.31. The predicted molar refractivity (Wildman–Crippen MR) is 109 cm³/mol. The van der Waals surface area contributed by atoms with Crippen molar-refractivity contribution in [3.05, 3.63) is 59.3 Å². The number of benzene rings is 1. The number of nitrogens with one attached hydrogen (secondary N) is 3. The van der Waals surface area contributed by atoms with Crippen molar-refractivity contribution in [3.63, 3.8) is 0 Å². The van der Waals surface area contributed by atoms with Gasteiger partial charge in [0.25, 0.3) is 17.7 Å². The molecule has 8 nitrogen and oxygen atoms in total. The van der Waals surface area contributed by atoms with Gasteiger partial charge in [-0.05, 0) is 37.6 Å². The molecule has 0 saturated carbocycles. The Labute approximate surface area is 185 Å². The van der Waals surface area contributed by atoms with Gasteiger partial charge in [-0.1, -0.05) is 6.07 Å². The lowest BCUT2D eigenvalue weighted by Gasteiger charge is -2.19. The maximum atomic E-state index is 13.8. The maximum Gasteiger partial charge on any atom is 0.289 e. The van der Waals surface area contributed by atoms with Crippen LogP contribution in [-0.2, 0) is 9.59 Å². The first-order chi connectivity index (χ1) is 15.4. The molecular weight excluding hydrogens is 448 g/mol. The average molecular weight is 468 g/mol. The summed E-state index contributed by atoms with van der Waals surface area (Å²) in [4.78, 5) is 52.7. The van der Waals surface area contributed by atoms with Gasteiger partial charge in [0.2, 0.25) is 11.7 Å². The lowest BCUT2D eigenvalue weighted by atomic mass is 10.0. The summed E-state index contributed by atoms with van der Waals surface area (Å²) in [6.07, 6.45) is -0.719. The van der Waals surface area contributed by atoms with E-state index in [2.05, 4.69) is 15.6 Å². The zero-order valence-corrected chi connectivity index (χ0v) is 17.5. The van der Waals surface area contributed by atoms with Crippen LogP contribution in [0.4, 0.5) is 23.4 Å². The van der Waals surface area contributed by atoms with Crippen molar-refractivity contribution in [1.82, 2.24) is 15.6 Å². The molecule has 12 heteroatoms. The zero-order chi connectivity index (χ0) is 24.8. The molecule has 1 aromatic heterocycles. The summed E-state index contributed by atoms with van der Waals surface area (Å²) in [5.74, 6) is -9.63. The highest BCUT2D eigenvalue weighted by molar-refractivity contribution is 6.38. The fraction of sp³-hybridized carbons (Fsp3) is 0.286. The molecule has 0 bridgehead atoms. The molecule has 2 rings (SSSR count). The van der Waals surface area contributed by atoms with Crippen molar-refractivity contribution in [2.24, 2.45) is 0 Å². The second kappa shape index (κ2) is 10.7. The SMILES string of the molecule is CNC(=O)C(=O)[C@H](CCC(C)(F)F)NC(=O)c1cc(F)cnc1NC(=O)c1cccc(F)c1. The number of rotatable bonds is 9. The highest BCUT2D eigenvalue weighted by atomic mass is 19.3. The van der Waals surface area contributed by atoms with E-state index in [1.807, 2.05) is 5.32 Å². The van der Waals surface area contributed by atoms with E-state index in [-0.39, 0.29) is 5.56 Å². The van der Waals surface area contributed by atoms with Crippen LogP contribution in [0, 0.1) is 11.6 Å². The first-order valence-corrected chi connectivity index (χ1v) is 9.58. The molecular formula is C21H20F4N4O4. The minimum atomic E-state index is -3.18. The van der Waals surface area contributed by atoms with Crippen LogP contribution in [0.25, 0.3) is 0 Å². The first kappa shape index (κ1) is 25.4. The molecule has 2 aromatic rings. The molecule has 3 amide bonds. The number of Topliss-reactive ketones (excluding diaryl/α,β-unsaturated/α-hetero) is 1. The maximum absolute atomic E-state index is 13.8. The first-order valence-electron chi connectivity index (χ1n) is 9.58. The van der Waals surface area contributed by atoms with E-state index in [0.29, 0.717) is 19.2 Å². The van der Waals surface area contributed by atoms with Crippen molar-refractivity contribution >= 4 is 29.3 Å². The number of halogens is 4. The molecule has 1 heterocycles. The fourth-order valence-electron chi connectivity index (χ4n) is 2.71. The molecule has 1 aromatic carbocycles. The molecule has 1 atom stereocenters. The van der Waals surface area contributed by atoms with E-state index in [1.54, 1.807) is 0 Å². The van der Waals surface area contributed by atoms with E-state index in [0.717, 1.165) is 19.2 Å². The highest BCUT2D eigenvalue weighted by Crippen LogP contribution is 2.21. The summed E-state index contributed by atoms with van der Waals surface area (Å²) in [6, 6.07) is 3.62. The minimum absolute atomic E-state index is 0.120. The Morgan fingerprint density at radius 3 is 2.36 bits per heavy atom. The Kier molecular flexibility index (Phi) is 8.21. The molecule has 0 aliphatic heterocycles. The number of carbonyl (C=O) groups excluding carboxylic acids is 4. The Hall–Kier alpha value is -3.83. The number of amides is 3. The summed E-state index contributed by atoms with van der Waals surface area (Å²) in [5, 5.41) is 6.37. The third-order valence-corrected chi connectivity index (χ3v) is 4.36. The summed E-state index contributed by atoms with van der Waals surface area (Å²) >= 11 is 0. The molecule has 0 aliphatic rings. The van der Waals surface area contributed by atoms with E-state index < -0.39 is 71.3 Å². The number of nitrogens with zero attached hydrogens (tertiary/aromatic N) is 1. The van der Waals surface area contributed by atoms with E-state index in [4.69, 9.17) is 0 Å². The van der Waals surface area contributed by atoms with Crippen LogP contribution in [0.1, 0.15) is 40.5 Å². The van der Waals surface area contributed by atoms with Crippen LogP contribution in [0.2, 0.25) is 0 Å². The van der Waals surface area contributed by atoms with Gasteiger partial charge in [0, 0.05) is 19.0 Å². The van der Waals surface area contributed by atoms with Gasteiger partial charge in [0.1, 0.15) is 17.5 Å². The largest absolute Gasteiger partial charge is 0.353 e. The van der Waals surface area contributed by atoms with Gasteiger partial charge >= 0.3 is 0 Å². The molecule has 0 aliphatic carbocycles. The van der Waals surface area contributed by atoms with Gasteiger partial charge in [0.15, 0.2) is 0 Å². The van der Waals surface area contributed by atoms with E-state index in [1.165, 1.54) is 12.1 Å². The summed E-state index contributed by atoms with van der Waals surface area (Å²) in [5.41, 5.74) is -0.664. The van der Waals surface area contributed by atoms with Crippen LogP contribution in [-0.4, -0.2) is 47.5 Å². The standard InChI is InChI=1S/C21H20F4N4O4/c1-21(24,25)7-6-15(16(30)20(33)26-2)28-19(32)14-9-13(23)10-27-17(14)29-18(31)11-4-3-5-12(22)8-11/h3-5,8-10,15H,6-7H2,1-2H3,(H,26,33)(H,28,32)(H,27,29,31)/t15-/m0/s1. The Balaban J connectivity index is 2.30. The number of likely N-dealkylation sites (N-methyl/N-ethyl adjacent to an activating group) is 1. The molecule has 0 fully saturated rings. The van der Waals surface area contributed by atoms with Crippen LogP contribution >= 0.6 is 0 Å². The number of alkyl halides is 2. The molecule has 0 saturated heterocycles. The number of aromatic nitrogens is 1. The summed E-state index contributed by atoms with van der Waals surface area (Å²) < 4.78 is 53.7. The number of hydrogen-bond donors (Lipinski definition) is 3. The molecule has 33 heavy (non-hydrogen) atoms. The van der Waals surface area contributed by atoms with Crippen molar-refractivity contribution in [3.8, 4) is 0 Å². The third-order valence-electron chi connectivity index (χ3n) is 4.36. The van der Waals surface area contributed by atoms with Crippen molar-refractivity contribution in [1.29, 1.82) is 0 Å². The second-order valence-corrected chi connectivity index (χ2v) is 7.09. The van der Waals surface area contributed by atoms with Gasteiger partial charge in [0.05, 0.1) is 17.8 Å². The summed E-state index contributed by atoms with van der Waals surface area (Å²) in [6.45, 7) is 0.604. The lowest BCUT2D eigenvalue weighted by Crippen LogP contribution is -2.47. The van der Waals surface area contributed by atoms with Gasteiger partial charge in [-0.15, -0.1) is 0 Å². The predicted octanol–water partition coefficient (Wildman–Crippen LogP) is 2.46. The van der Waals surface area contributed by atoms with Crippen molar-refractivity contribution in [2.75, 3.05) is 12.4 Å². The molecule has 176 valence electrons. The van der Waals surface area contributed by atoms with Crippen LogP contribution in [0.3, 0.4) is 0 Å². The van der Waals surface area contributed by atoms with Crippen LogP contribution in [0.5, 0.6) is 0 Å². The average Bonchev–Trinajstić information content (AvgIpc) is 2.75. The smallest absolute Gasteiger partial charge is 0.289 e. The normalized spacial score (nSPS) is 11.9. The Morgan fingerprint density at radius 2 is 1.76 bits per heavy atom. The molecule has 0 unspecified atom stereocenters. The molecule has 0 spiro atoms. The van der Waals surface area contributed by atoms with Crippen molar-refractivity contribution < 1.29 is 36.7 Å². The number of anilines is 1. The molecule has 0 radical (unpaired) electrons. The van der Waals surface area contributed by atoms with Gasteiger partial charge in [-0.3, -0.25) is 19.2 Å². The number of pyridine rings is 1. The van der Waals surface area contributed by atoms with Crippen molar-refractivity contribution in [2.45, 2.75) is 31.7 Å². The Bertz CT molecular complexity index is 1070. The number of ketones is 1. The number of carbonyl (C=O) groups is 4. The lowest BCUT2D eigenvalue weighted by molar-refractivity contribution is -0.139. The van der Waals surface area contributed by atoms with E-state index >= 15 is 0 Å². The van der Waals surface area contributed by atoms with Gasteiger partial charge < -0.3 is 16.0 Å². The molecule has 3 N–H and O–H groups in total. The van der Waals surface area contributed by atoms with E-state index in [9.17, 15) is 36.7 Å².